The maximum atomic E-state index is 5.91. The van der Waals surface area contributed by atoms with Crippen LogP contribution in [0.2, 0.25) is 5.02 Å². The molecule has 0 aliphatic rings. The normalized spacial score (nSPS) is 10.6. The van der Waals surface area contributed by atoms with Crippen molar-refractivity contribution in [2.24, 2.45) is 7.05 Å². The summed E-state index contributed by atoms with van der Waals surface area (Å²) in [5.74, 6) is 0.855. The monoisotopic (exact) mass is 270 g/mol. The second-order valence-electron chi connectivity index (χ2n) is 4.36. The first-order valence-electron chi connectivity index (χ1n) is 6.06. The van der Waals surface area contributed by atoms with Gasteiger partial charge in [0.25, 0.3) is 5.69 Å². The number of aromatic nitrogens is 1. The third-order valence-corrected chi connectivity index (χ3v) is 3.29. The number of aryl methyl sites for hydroxylation is 1. The summed E-state index contributed by atoms with van der Waals surface area (Å²) >= 11 is 5.91. The highest BCUT2D eigenvalue weighted by molar-refractivity contribution is 6.30. The van der Waals surface area contributed by atoms with Gasteiger partial charge in [0.2, 0.25) is 5.76 Å². The van der Waals surface area contributed by atoms with E-state index in [4.69, 9.17) is 16.1 Å². The molecule has 0 radical (unpaired) electrons. The Kier molecular flexibility index (Phi) is 3.10. The molecule has 1 aromatic heterocycles. The number of benzene rings is 2. The molecule has 0 aliphatic carbocycles. The molecule has 0 spiro atoms. The van der Waals surface area contributed by atoms with Crippen LogP contribution in [0.15, 0.2) is 65.2 Å². The summed E-state index contributed by atoms with van der Waals surface area (Å²) in [5, 5.41) is 0.734. The van der Waals surface area contributed by atoms with E-state index in [0.717, 1.165) is 27.6 Å². The predicted molar refractivity (Wildman–Crippen MR) is 75.8 cm³/mol. The zero-order chi connectivity index (χ0) is 13.2. The molecule has 0 bridgehead atoms. The van der Waals surface area contributed by atoms with E-state index in [1.54, 1.807) is 4.74 Å². The Morgan fingerprint density at radius 1 is 0.895 bits per heavy atom. The van der Waals surface area contributed by atoms with E-state index in [-0.39, 0.29) is 0 Å². The summed E-state index contributed by atoms with van der Waals surface area (Å²) in [6, 6.07) is 19.8. The van der Waals surface area contributed by atoms with E-state index in [9.17, 15) is 0 Å². The molecule has 0 saturated carbocycles. The fraction of sp³-hybridized carbons (Fsp3) is 0.0625. The average molecular weight is 271 g/mol. The van der Waals surface area contributed by atoms with Crippen molar-refractivity contribution in [3.8, 4) is 22.6 Å². The van der Waals surface area contributed by atoms with Gasteiger partial charge in [-0.05, 0) is 29.0 Å². The lowest BCUT2D eigenvalue weighted by atomic mass is 10.1. The van der Waals surface area contributed by atoms with Crippen molar-refractivity contribution in [1.29, 1.82) is 0 Å². The van der Waals surface area contributed by atoms with Gasteiger partial charge in [0.15, 0.2) is 7.05 Å². The Morgan fingerprint density at radius 3 is 2.26 bits per heavy atom. The van der Waals surface area contributed by atoms with Crippen LogP contribution in [0, 0.1) is 0 Å². The fourth-order valence-electron chi connectivity index (χ4n) is 2.06. The molecule has 0 N–H and O–H groups in total. The quantitative estimate of drug-likeness (QED) is 0.641. The number of hydrogen-bond acceptors (Lipinski definition) is 1. The first kappa shape index (κ1) is 12.0. The Hall–Kier alpha value is -2.06. The molecule has 19 heavy (non-hydrogen) atoms. The Labute approximate surface area is 116 Å². The second kappa shape index (κ2) is 4.90. The zero-order valence-corrected chi connectivity index (χ0v) is 11.3. The molecule has 1 heterocycles. The van der Waals surface area contributed by atoms with E-state index >= 15 is 0 Å². The van der Waals surface area contributed by atoms with E-state index < -0.39 is 0 Å². The molecular formula is C16H13ClNO+. The van der Waals surface area contributed by atoms with Crippen molar-refractivity contribution in [3.63, 3.8) is 0 Å². The highest BCUT2D eigenvalue weighted by Crippen LogP contribution is 2.25. The molecule has 2 nitrogen and oxygen atoms in total. The minimum Gasteiger partial charge on any atom is -0.236 e. The van der Waals surface area contributed by atoms with Crippen LogP contribution in [0.5, 0.6) is 0 Å². The van der Waals surface area contributed by atoms with Gasteiger partial charge in [0.05, 0.1) is 11.6 Å². The van der Waals surface area contributed by atoms with Crippen LogP contribution in [-0.2, 0) is 7.05 Å². The largest absolute Gasteiger partial charge is 0.262 e. The van der Waals surface area contributed by atoms with E-state index in [2.05, 4.69) is 0 Å². The molecule has 0 saturated heterocycles. The topological polar surface area (TPSA) is 17.0 Å². The van der Waals surface area contributed by atoms with Gasteiger partial charge in [-0.15, -0.1) is 0 Å². The minimum absolute atomic E-state index is 0.734. The number of nitrogens with zero attached hydrogens (tertiary/aromatic N) is 1. The zero-order valence-electron chi connectivity index (χ0n) is 10.5. The summed E-state index contributed by atoms with van der Waals surface area (Å²) in [4.78, 5) is 0. The van der Waals surface area contributed by atoms with Crippen molar-refractivity contribution >= 4 is 11.6 Å². The molecular weight excluding hydrogens is 258 g/mol. The molecule has 3 heteroatoms. The van der Waals surface area contributed by atoms with Crippen LogP contribution < -0.4 is 4.74 Å². The SMILES string of the molecule is C[n+]1oc(-c2ccccc2)cc1-c1ccc(Cl)cc1. The van der Waals surface area contributed by atoms with Gasteiger partial charge in [0, 0.05) is 10.6 Å². The lowest BCUT2D eigenvalue weighted by molar-refractivity contribution is -0.834. The van der Waals surface area contributed by atoms with Gasteiger partial charge in [0.1, 0.15) is 0 Å². The molecule has 3 rings (SSSR count). The number of hydrogen-bond donors (Lipinski definition) is 0. The van der Waals surface area contributed by atoms with Crippen LogP contribution in [0.3, 0.4) is 0 Å². The van der Waals surface area contributed by atoms with Crippen molar-refractivity contribution < 1.29 is 9.26 Å². The highest BCUT2D eigenvalue weighted by atomic mass is 35.5. The molecule has 2 aromatic carbocycles. The van der Waals surface area contributed by atoms with E-state index in [1.807, 2.05) is 67.7 Å². The smallest absolute Gasteiger partial charge is 0.236 e. The van der Waals surface area contributed by atoms with Crippen LogP contribution in [0.1, 0.15) is 0 Å². The maximum Gasteiger partial charge on any atom is 0.262 e. The first-order chi connectivity index (χ1) is 9.24. The van der Waals surface area contributed by atoms with E-state index in [1.165, 1.54) is 0 Å². The van der Waals surface area contributed by atoms with Gasteiger partial charge in [-0.3, -0.25) is 0 Å². The third kappa shape index (κ3) is 2.40. The highest BCUT2D eigenvalue weighted by Gasteiger charge is 2.18. The molecule has 94 valence electrons. The summed E-state index contributed by atoms with van der Waals surface area (Å²) in [6.45, 7) is 0. The first-order valence-corrected chi connectivity index (χ1v) is 6.43. The van der Waals surface area contributed by atoms with E-state index in [0.29, 0.717) is 0 Å². The lowest BCUT2D eigenvalue weighted by Gasteiger charge is -1.92. The van der Waals surface area contributed by atoms with Crippen LogP contribution >= 0.6 is 11.6 Å². The summed E-state index contributed by atoms with van der Waals surface area (Å²) in [5.41, 5.74) is 3.17. The Bertz CT molecular complexity index is 687. The van der Waals surface area contributed by atoms with Crippen LogP contribution in [0.4, 0.5) is 0 Å². The molecule has 0 aliphatic heterocycles. The molecule has 0 amide bonds. The van der Waals surface area contributed by atoms with Gasteiger partial charge < -0.3 is 0 Å². The predicted octanol–water partition coefficient (Wildman–Crippen LogP) is 4.09. The third-order valence-electron chi connectivity index (χ3n) is 3.04. The van der Waals surface area contributed by atoms with Crippen molar-refractivity contribution in [3.05, 3.63) is 65.7 Å². The lowest BCUT2D eigenvalue weighted by Crippen LogP contribution is -2.26. The summed E-state index contributed by atoms with van der Waals surface area (Å²) in [6.07, 6.45) is 0. The van der Waals surface area contributed by atoms with Gasteiger partial charge in [-0.1, -0.05) is 41.9 Å². The summed E-state index contributed by atoms with van der Waals surface area (Å²) in [7, 11) is 1.90. The Balaban J connectivity index is 2.05. The van der Waals surface area contributed by atoms with Crippen LogP contribution in [0.25, 0.3) is 22.6 Å². The maximum absolute atomic E-state index is 5.91. The molecule has 0 atom stereocenters. The molecule has 0 unspecified atom stereocenters. The second-order valence-corrected chi connectivity index (χ2v) is 4.79. The molecule has 0 fully saturated rings. The van der Waals surface area contributed by atoms with Crippen LogP contribution in [-0.4, -0.2) is 0 Å². The van der Waals surface area contributed by atoms with Gasteiger partial charge in [-0.25, -0.2) is 4.52 Å². The number of halogens is 1. The standard InChI is InChI=1S/C16H13ClNO/c1-18-15(12-7-9-14(17)10-8-12)11-16(19-18)13-5-3-2-4-6-13/h2-11H,1H3/q+1. The van der Waals surface area contributed by atoms with Crippen molar-refractivity contribution in [1.82, 2.24) is 0 Å². The van der Waals surface area contributed by atoms with Gasteiger partial charge in [-0.2, -0.15) is 0 Å². The minimum atomic E-state index is 0.734. The van der Waals surface area contributed by atoms with Gasteiger partial charge >= 0.3 is 0 Å². The number of rotatable bonds is 2. The Morgan fingerprint density at radius 2 is 1.58 bits per heavy atom. The van der Waals surface area contributed by atoms with Crippen molar-refractivity contribution in [2.75, 3.05) is 0 Å². The fourth-order valence-corrected chi connectivity index (χ4v) is 2.19. The average Bonchev–Trinajstić information content (AvgIpc) is 2.83. The summed E-state index contributed by atoms with van der Waals surface area (Å²) < 4.78 is 7.54. The molecule has 3 aromatic rings. The van der Waals surface area contributed by atoms with Crippen molar-refractivity contribution in [2.45, 2.75) is 0 Å².